The molecule has 0 unspecified atom stereocenters. The lowest BCUT2D eigenvalue weighted by molar-refractivity contribution is 0.278. The molecule has 2 aromatic carbocycles. The van der Waals surface area contributed by atoms with E-state index in [0.717, 1.165) is 22.4 Å². The molecule has 2 N–H and O–H groups in total. The first-order valence-electron chi connectivity index (χ1n) is 8.88. The van der Waals surface area contributed by atoms with Crippen molar-refractivity contribution < 1.29 is 13.9 Å². The summed E-state index contributed by atoms with van der Waals surface area (Å²) < 4.78 is 25.1. The number of pyridine rings is 1. The number of aromatic nitrogens is 1. The van der Waals surface area contributed by atoms with Gasteiger partial charge in [0, 0.05) is 11.8 Å². The summed E-state index contributed by atoms with van der Waals surface area (Å²) in [5.41, 5.74) is 8.99. The standard InChI is InChI=1S/C22H20FN3O2/c1-14-11-17(8-9-19(14)27-2)22(13-28-21(24)26-22)16-6-3-5-15(12-16)18-7-4-10-25-20(18)23/h3-12H,13H2,1-2H3,(H2,24,26)/t22-/m0/s1. The molecule has 1 aliphatic rings. The van der Waals surface area contributed by atoms with Crippen LogP contribution in [0.25, 0.3) is 11.1 Å². The van der Waals surface area contributed by atoms with Gasteiger partial charge in [-0.1, -0.05) is 24.3 Å². The Bertz CT molecular complexity index is 1070. The Morgan fingerprint density at radius 2 is 1.93 bits per heavy atom. The van der Waals surface area contributed by atoms with Gasteiger partial charge in [-0.05, 0) is 59.5 Å². The molecule has 3 aromatic rings. The van der Waals surface area contributed by atoms with Crippen LogP contribution in [0.1, 0.15) is 16.7 Å². The van der Waals surface area contributed by atoms with Crippen molar-refractivity contribution in [2.24, 2.45) is 10.7 Å². The van der Waals surface area contributed by atoms with E-state index in [2.05, 4.69) is 9.98 Å². The average Bonchev–Trinajstić information content (AvgIpc) is 3.11. The summed E-state index contributed by atoms with van der Waals surface area (Å²) in [6, 6.07) is 17.0. The number of hydrogen-bond donors (Lipinski definition) is 1. The molecule has 0 bridgehead atoms. The molecule has 1 aromatic heterocycles. The van der Waals surface area contributed by atoms with Gasteiger partial charge in [0.15, 0.2) is 5.54 Å². The van der Waals surface area contributed by atoms with Crippen LogP contribution in [0.3, 0.4) is 0 Å². The van der Waals surface area contributed by atoms with Gasteiger partial charge in [-0.3, -0.25) is 0 Å². The van der Waals surface area contributed by atoms with Crippen LogP contribution < -0.4 is 10.5 Å². The van der Waals surface area contributed by atoms with Crippen molar-refractivity contribution >= 4 is 6.02 Å². The zero-order chi connectivity index (χ0) is 19.7. The van der Waals surface area contributed by atoms with E-state index in [1.807, 2.05) is 49.4 Å². The Morgan fingerprint density at radius 1 is 1.11 bits per heavy atom. The van der Waals surface area contributed by atoms with Gasteiger partial charge < -0.3 is 15.2 Å². The number of nitrogens with zero attached hydrogens (tertiary/aromatic N) is 2. The van der Waals surface area contributed by atoms with Crippen LogP contribution in [0.4, 0.5) is 4.39 Å². The van der Waals surface area contributed by atoms with Crippen LogP contribution in [-0.4, -0.2) is 24.7 Å². The maximum absolute atomic E-state index is 14.2. The van der Waals surface area contributed by atoms with E-state index in [9.17, 15) is 4.39 Å². The van der Waals surface area contributed by atoms with E-state index in [-0.39, 0.29) is 12.6 Å². The van der Waals surface area contributed by atoms with E-state index in [1.165, 1.54) is 6.20 Å². The fourth-order valence-electron chi connectivity index (χ4n) is 3.57. The second kappa shape index (κ2) is 6.96. The average molecular weight is 377 g/mol. The summed E-state index contributed by atoms with van der Waals surface area (Å²) in [5, 5.41) is 0. The van der Waals surface area contributed by atoms with E-state index < -0.39 is 11.5 Å². The maximum atomic E-state index is 14.2. The normalized spacial score (nSPS) is 18.5. The van der Waals surface area contributed by atoms with Crippen LogP contribution in [0.2, 0.25) is 0 Å². The zero-order valence-electron chi connectivity index (χ0n) is 15.6. The van der Waals surface area contributed by atoms with E-state index in [1.54, 1.807) is 19.2 Å². The Balaban J connectivity index is 1.87. The monoisotopic (exact) mass is 377 g/mol. The van der Waals surface area contributed by atoms with Gasteiger partial charge in [0.1, 0.15) is 12.4 Å². The predicted molar refractivity (Wildman–Crippen MR) is 106 cm³/mol. The lowest BCUT2D eigenvalue weighted by Gasteiger charge is -2.26. The number of methoxy groups -OCH3 is 1. The highest BCUT2D eigenvalue weighted by molar-refractivity contribution is 5.76. The van der Waals surface area contributed by atoms with Crippen molar-refractivity contribution in [3.8, 4) is 16.9 Å². The molecule has 1 atom stereocenters. The molecule has 0 fully saturated rings. The second-order valence-electron chi connectivity index (χ2n) is 6.71. The number of nitrogens with two attached hydrogens (primary N) is 1. The zero-order valence-corrected chi connectivity index (χ0v) is 15.6. The highest BCUT2D eigenvalue weighted by Gasteiger charge is 2.40. The molecular weight excluding hydrogens is 357 g/mol. The van der Waals surface area contributed by atoms with Crippen LogP contribution in [-0.2, 0) is 10.3 Å². The number of hydrogen-bond acceptors (Lipinski definition) is 5. The Kier molecular flexibility index (Phi) is 4.47. The van der Waals surface area contributed by atoms with E-state index >= 15 is 0 Å². The Hall–Kier alpha value is -3.41. The van der Waals surface area contributed by atoms with Gasteiger partial charge in [-0.25, -0.2) is 9.98 Å². The molecule has 0 spiro atoms. The second-order valence-corrected chi connectivity index (χ2v) is 6.71. The largest absolute Gasteiger partial charge is 0.496 e. The van der Waals surface area contributed by atoms with Gasteiger partial charge in [-0.2, -0.15) is 4.39 Å². The molecule has 0 aliphatic carbocycles. The molecule has 0 amide bonds. The first kappa shape index (κ1) is 18.0. The smallest absolute Gasteiger partial charge is 0.283 e. The van der Waals surface area contributed by atoms with Gasteiger partial charge >= 0.3 is 0 Å². The fraction of sp³-hybridized carbons (Fsp3) is 0.182. The third-order valence-corrected chi connectivity index (χ3v) is 5.01. The number of amidine groups is 1. The molecule has 2 heterocycles. The molecular formula is C22H20FN3O2. The molecule has 5 nitrogen and oxygen atoms in total. The van der Waals surface area contributed by atoms with Gasteiger partial charge in [0.25, 0.3) is 6.02 Å². The highest BCUT2D eigenvalue weighted by atomic mass is 19.1. The minimum atomic E-state index is -0.810. The Morgan fingerprint density at radius 3 is 2.61 bits per heavy atom. The maximum Gasteiger partial charge on any atom is 0.283 e. The van der Waals surface area contributed by atoms with Crippen LogP contribution >= 0.6 is 0 Å². The first-order valence-corrected chi connectivity index (χ1v) is 8.88. The molecule has 28 heavy (non-hydrogen) atoms. The number of aryl methyl sites for hydroxylation is 1. The molecule has 0 radical (unpaired) electrons. The molecule has 0 saturated carbocycles. The van der Waals surface area contributed by atoms with Crippen molar-refractivity contribution in [2.45, 2.75) is 12.5 Å². The summed E-state index contributed by atoms with van der Waals surface area (Å²) in [6.45, 7) is 2.24. The number of aliphatic imine (C=N–C) groups is 1. The molecule has 142 valence electrons. The van der Waals surface area contributed by atoms with Crippen LogP contribution in [0.15, 0.2) is 65.8 Å². The fourth-order valence-corrected chi connectivity index (χ4v) is 3.57. The van der Waals surface area contributed by atoms with Gasteiger partial charge in [0.2, 0.25) is 5.95 Å². The van der Waals surface area contributed by atoms with Gasteiger partial charge in [-0.15, -0.1) is 0 Å². The quantitative estimate of drug-likeness (QED) is 0.702. The third kappa shape index (κ3) is 2.97. The van der Waals surface area contributed by atoms with Crippen molar-refractivity contribution in [2.75, 3.05) is 13.7 Å². The number of ether oxygens (including phenoxy) is 2. The minimum absolute atomic E-state index is 0.131. The molecule has 1 aliphatic heterocycles. The van der Waals surface area contributed by atoms with Crippen molar-refractivity contribution in [1.82, 2.24) is 4.98 Å². The minimum Gasteiger partial charge on any atom is -0.496 e. The van der Waals surface area contributed by atoms with Crippen LogP contribution in [0.5, 0.6) is 5.75 Å². The van der Waals surface area contributed by atoms with Crippen molar-refractivity contribution in [3.05, 3.63) is 83.4 Å². The van der Waals surface area contributed by atoms with Crippen molar-refractivity contribution in [3.63, 3.8) is 0 Å². The summed E-state index contributed by atoms with van der Waals surface area (Å²) in [4.78, 5) is 8.38. The number of halogens is 1. The predicted octanol–water partition coefficient (Wildman–Crippen LogP) is 3.79. The number of benzene rings is 2. The lowest BCUT2D eigenvalue weighted by atomic mass is 9.82. The van der Waals surface area contributed by atoms with Gasteiger partial charge in [0.05, 0.1) is 7.11 Å². The molecule has 6 heteroatoms. The topological polar surface area (TPSA) is 69.7 Å². The lowest BCUT2D eigenvalue weighted by Crippen LogP contribution is -2.27. The summed E-state index contributed by atoms with van der Waals surface area (Å²) in [6.07, 6.45) is 1.43. The van der Waals surface area contributed by atoms with E-state index in [0.29, 0.717) is 11.1 Å². The van der Waals surface area contributed by atoms with E-state index in [4.69, 9.17) is 15.2 Å². The first-order chi connectivity index (χ1) is 13.5. The van der Waals surface area contributed by atoms with Crippen LogP contribution in [0, 0.1) is 12.9 Å². The summed E-state index contributed by atoms with van der Waals surface area (Å²) >= 11 is 0. The molecule has 0 saturated heterocycles. The summed E-state index contributed by atoms with van der Waals surface area (Å²) in [5.74, 6) is 0.278. The van der Waals surface area contributed by atoms with Crippen molar-refractivity contribution in [1.29, 1.82) is 0 Å². The Labute approximate surface area is 162 Å². The summed E-state index contributed by atoms with van der Waals surface area (Å²) in [7, 11) is 1.64. The highest BCUT2D eigenvalue weighted by Crippen LogP contribution is 2.40. The number of rotatable bonds is 4. The molecule has 4 rings (SSSR count). The SMILES string of the molecule is COc1ccc([C@@]2(c3cccc(-c4cccnc4F)c3)COC(N)=N2)cc1C. The third-order valence-electron chi connectivity index (χ3n) is 5.01.